The van der Waals surface area contributed by atoms with Crippen LogP contribution in [0.1, 0.15) is 22.8 Å². The fourth-order valence-corrected chi connectivity index (χ4v) is 3.08. The van der Waals surface area contributed by atoms with Gasteiger partial charge in [0.2, 0.25) is 5.16 Å². The number of esters is 1. The van der Waals surface area contributed by atoms with Crippen LogP contribution < -0.4 is 5.84 Å². The molecule has 26 heavy (non-hydrogen) atoms. The summed E-state index contributed by atoms with van der Waals surface area (Å²) in [6.07, 6.45) is 0. The molecule has 2 N–H and O–H groups in total. The lowest BCUT2D eigenvalue weighted by Gasteiger charge is -2.05. The average Bonchev–Trinajstić information content (AvgIpc) is 3.02. The van der Waals surface area contributed by atoms with Crippen LogP contribution in [0.4, 0.5) is 4.39 Å². The van der Waals surface area contributed by atoms with Crippen molar-refractivity contribution in [3.8, 4) is 11.4 Å². The van der Waals surface area contributed by atoms with Crippen molar-refractivity contribution < 1.29 is 13.9 Å². The normalized spacial score (nSPS) is 10.7. The third-order valence-electron chi connectivity index (χ3n) is 3.60. The number of halogens is 1. The third-order valence-corrected chi connectivity index (χ3v) is 4.61. The Kier molecular flexibility index (Phi) is 5.52. The maximum absolute atomic E-state index is 13.0. The standard InChI is InChI=1S/C18H17FN4O2S/c1-2-25-17(24)14-5-3-12(4-6-14)11-26-18-22-21-16(23(18)20)13-7-9-15(19)10-8-13/h3-10H,2,11,20H2,1H3. The fraction of sp³-hybridized carbons (Fsp3) is 0.167. The molecule has 0 aliphatic rings. The molecule has 0 amide bonds. The molecule has 0 saturated heterocycles. The Bertz CT molecular complexity index is 895. The van der Waals surface area contributed by atoms with E-state index in [0.29, 0.717) is 34.5 Å². The maximum atomic E-state index is 13.0. The van der Waals surface area contributed by atoms with Gasteiger partial charge in [0.1, 0.15) is 5.82 Å². The van der Waals surface area contributed by atoms with Crippen molar-refractivity contribution in [3.63, 3.8) is 0 Å². The van der Waals surface area contributed by atoms with Crippen LogP contribution >= 0.6 is 11.8 Å². The zero-order valence-corrected chi connectivity index (χ0v) is 14.9. The molecular formula is C18H17FN4O2S. The Morgan fingerprint density at radius 3 is 2.50 bits per heavy atom. The fourth-order valence-electron chi connectivity index (χ4n) is 2.27. The van der Waals surface area contributed by atoms with E-state index < -0.39 is 0 Å². The van der Waals surface area contributed by atoms with Gasteiger partial charge in [0.05, 0.1) is 12.2 Å². The van der Waals surface area contributed by atoms with E-state index in [1.807, 2.05) is 12.1 Å². The second kappa shape index (κ2) is 8.01. The number of thioether (sulfide) groups is 1. The molecule has 0 bridgehead atoms. The first-order valence-electron chi connectivity index (χ1n) is 7.93. The highest BCUT2D eigenvalue weighted by Crippen LogP contribution is 2.24. The lowest BCUT2D eigenvalue weighted by Crippen LogP contribution is -2.11. The Morgan fingerprint density at radius 1 is 1.15 bits per heavy atom. The number of carbonyl (C=O) groups is 1. The highest BCUT2D eigenvalue weighted by Gasteiger charge is 2.13. The van der Waals surface area contributed by atoms with Crippen LogP contribution in [0, 0.1) is 5.82 Å². The molecule has 8 heteroatoms. The van der Waals surface area contributed by atoms with Crippen LogP contribution in [0.3, 0.4) is 0 Å². The number of hydrogen-bond donors (Lipinski definition) is 1. The summed E-state index contributed by atoms with van der Waals surface area (Å²) in [4.78, 5) is 11.6. The molecule has 0 saturated carbocycles. The van der Waals surface area contributed by atoms with Gasteiger partial charge in [-0.15, -0.1) is 10.2 Å². The summed E-state index contributed by atoms with van der Waals surface area (Å²) in [6, 6.07) is 13.1. The van der Waals surface area contributed by atoms with E-state index in [-0.39, 0.29) is 11.8 Å². The van der Waals surface area contributed by atoms with Crippen LogP contribution in [0.15, 0.2) is 53.7 Å². The van der Waals surface area contributed by atoms with Gasteiger partial charge in [-0.05, 0) is 48.9 Å². The van der Waals surface area contributed by atoms with Gasteiger partial charge in [-0.1, -0.05) is 23.9 Å². The first-order chi connectivity index (χ1) is 12.6. The Labute approximate surface area is 154 Å². The van der Waals surface area contributed by atoms with Crippen LogP contribution in [0.5, 0.6) is 0 Å². The van der Waals surface area contributed by atoms with E-state index in [0.717, 1.165) is 5.56 Å². The Hall–Kier alpha value is -2.87. The molecule has 0 aliphatic heterocycles. The van der Waals surface area contributed by atoms with Gasteiger partial charge in [-0.25, -0.2) is 13.9 Å². The number of nitrogens with zero attached hydrogens (tertiary/aromatic N) is 3. The molecule has 0 unspecified atom stereocenters. The van der Waals surface area contributed by atoms with Gasteiger partial charge in [0.25, 0.3) is 0 Å². The lowest BCUT2D eigenvalue weighted by molar-refractivity contribution is 0.0526. The second-order valence-corrected chi connectivity index (χ2v) is 6.33. The molecule has 0 fully saturated rings. The molecule has 0 radical (unpaired) electrons. The van der Waals surface area contributed by atoms with E-state index >= 15 is 0 Å². The topological polar surface area (TPSA) is 83.0 Å². The van der Waals surface area contributed by atoms with Crippen molar-refractivity contribution in [2.45, 2.75) is 17.8 Å². The molecule has 3 rings (SSSR count). The van der Waals surface area contributed by atoms with Crippen LogP contribution in [-0.4, -0.2) is 27.4 Å². The van der Waals surface area contributed by atoms with Gasteiger partial charge in [-0.2, -0.15) is 0 Å². The van der Waals surface area contributed by atoms with Gasteiger partial charge >= 0.3 is 5.97 Å². The number of benzene rings is 2. The number of carbonyl (C=O) groups excluding carboxylic acids is 1. The molecule has 0 atom stereocenters. The quantitative estimate of drug-likeness (QED) is 0.406. The van der Waals surface area contributed by atoms with Crippen molar-refractivity contribution in [2.75, 3.05) is 12.4 Å². The molecule has 3 aromatic rings. The highest BCUT2D eigenvalue weighted by molar-refractivity contribution is 7.98. The number of nitrogen functional groups attached to an aromatic ring is 1. The Balaban J connectivity index is 1.67. The summed E-state index contributed by atoms with van der Waals surface area (Å²) in [5.74, 6) is 6.47. The molecule has 6 nitrogen and oxygen atoms in total. The predicted molar refractivity (Wildman–Crippen MR) is 97.5 cm³/mol. The highest BCUT2D eigenvalue weighted by atomic mass is 32.2. The zero-order valence-electron chi connectivity index (χ0n) is 14.1. The molecule has 0 spiro atoms. The van der Waals surface area contributed by atoms with Crippen molar-refractivity contribution in [1.82, 2.24) is 14.9 Å². The smallest absolute Gasteiger partial charge is 0.338 e. The minimum atomic E-state index is -0.336. The van der Waals surface area contributed by atoms with Crippen molar-refractivity contribution in [2.24, 2.45) is 0 Å². The van der Waals surface area contributed by atoms with Gasteiger partial charge in [0.15, 0.2) is 5.82 Å². The summed E-state index contributed by atoms with van der Waals surface area (Å²) in [7, 11) is 0. The van der Waals surface area contributed by atoms with Crippen LogP contribution in [0.25, 0.3) is 11.4 Å². The first kappa shape index (κ1) is 17.9. The average molecular weight is 372 g/mol. The number of nitrogens with two attached hydrogens (primary N) is 1. The third kappa shape index (κ3) is 4.02. The summed E-state index contributed by atoms with van der Waals surface area (Å²) < 4.78 is 19.4. The molecule has 1 heterocycles. The summed E-state index contributed by atoms with van der Waals surface area (Å²) >= 11 is 1.42. The molecular weight excluding hydrogens is 355 g/mol. The first-order valence-corrected chi connectivity index (χ1v) is 8.92. The lowest BCUT2D eigenvalue weighted by atomic mass is 10.1. The van der Waals surface area contributed by atoms with Crippen molar-refractivity contribution >= 4 is 17.7 Å². The van der Waals surface area contributed by atoms with E-state index in [1.54, 1.807) is 31.2 Å². The second-order valence-electron chi connectivity index (χ2n) is 5.39. The van der Waals surface area contributed by atoms with Gasteiger partial charge in [-0.3, -0.25) is 0 Å². The van der Waals surface area contributed by atoms with Gasteiger partial charge in [0, 0.05) is 11.3 Å². The minimum Gasteiger partial charge on any atom is -0.462 e. The van der Waals surface area contributed by atoms with Crippen LogP contribution in [0.2, 0.25) is 0 Å². The SMILES string of the molecule is CCOC(=O)c1ccc(CSc2nnc(-c3ccc(F)cc3)n2N)cc1. The van der Waals surface area contributed by atoms with E-state index in [2.05, 4.69) is 10.2 Å². The van der Waals surface area contributed by atoms with E-state index in [1.165, 1.54) is 28.6 Å². The summed E-state index contributed by atoms with van der Waals surface area (Å²) in [5.41, 5.74) is 2.21. The molecule has 2 aromatic carbocycles. The minimum absolute atomic E-state index is 0.322. The van der Waals surface area contributed by atoms with E-state index in [4.69, 9.17) is 10.6 Å². The number of hydrogen-bond acceptors (Lipinski definition) is 6. The zero-order chi connectivity index (χ0) is 18.5. The largest absolute Gasteiger partial charge is 0.462 e. The van der Waals surface area contributed by atoms with Crippen molar-refractivity contribution in [1.29, 1.82) is 0 Å². The number of rotatable bonds is 6. The van der Waals surface area contributed by atoms with Gasteiger partial charge < -0.3 is 10.6 Å². The van der Waals surface area contributed by atoms with Crippen molar-refractivity contribution in [3.05, 3.63) is 65.5 Å². The monoisotopic (exact) mass is 372 g/mol. The number of aromatic nitrogens is 3. The summed E-state index contributed by atoms with van der Waals surface area (Å²) in [5, 5.41) is 8.69. The summed E-state index contributed by atoms with van der Waals surface area (Å²) in [6.45, 7) is 2.12. The Morgan fingerprint density at radius 2 is 1.85 bits per heavy atom. The van der Waals surface area contributed by atoms with Crippen LogP contribution in [-0.2, 0) is 10.5 Å². The molecule has 134 valence electrons. The predicted octanol–water partition coefficient (Wildman–Crippen LogP) is 3.27. The number of ether oxygens (including phenoxy) is 1. The molecule has 1 aromatic heterocycles. The maximum Gasteiger partial charge on any atom is 0.338 e. The van der Waals surface area contributed by atoms with E-state index in [9.17, 15) is 9.18 Å². The molecule has 0 aliphatic carbocycles.